The molecule has 0 aromatic carbocycles. The van der Waals surface area contributed by atoms with Crippen LogP contribution in [-0.2, 0) is 11.3 Å². The smallest absolute Gasteiger partial charge is 0.223 e. The first-order valence-corrected chi connectivity index (χ1v) is 7.48. The fraction of sp³-hybridized carbons (Fsp3) is 0.667. The van der Waals surface area contributed by atoms with Gasteiger partial charge >= 0.3 is 0 Å². The number of likely N-dealkylation sites (tertiary alicyclic amines) is 1. The molecule has 1 saturated heterocycles. The highest BCUT2D eigenvalue weighted by molar-refractivity contribution is 5.78. The first kappa shape index (κ1) is 14.8. The number of hydrogen-bond donors (Lipinski definition) is 1. The van der Waals surface area contributed by atoms with Crippen LogP contribution in [0.3, 0.4) is 0 Å². The van der Waals surface area contributed by atoms with Gasteiger partial charge in [0, 0.05) is 31.3 Å². The Hall–Kier alpha value is -1.65. The molecule has 1 aromatic rings. The minimum atomic E-state index is 0.227. The van der Waals surface area contributed by atoms with Crippen LogP contribution >= 0.6 is 0 Å². The van der Waals surface area contributed by atoms with Crippen molar-refractivity contribution >= 4 is 11.7 Å². The van der Waals surface area contributed by atoms with Gasteiger partial charge in [0.2, 0.25) is 5.91 Å². The van der Waals surface area contributed by atoms with E-state index < -0.39 is 0 Å². The van der Waals surface area contributed by atoms with Gasteiger partial charge in [0.05, 0.1) is 6.54 Å². The van der Waals surface area contributed by atoms with Gasteiger partial charge in [-0.3, -0.25) is 4.79 Å². The van der Waals surface area contributed by atoms with Crippen molar-refractivity contribution in [3.63, 3.8) is 0 Å². The number of aryl methyl sites for hydroxylation is 1. The SMILES string of the molecule is CCCNc1cc(C)nc(CN2CC(CC)CC2=O)n1. The Labute approximate surface area is 120 Å². The zero-order valence-corrected chi connectivity index (χ0v) is 12.6. The van der Waals surface area contributed by atoms with E-state index in [2.05, 4.69) is 29.1 Å². The van der Waals surface area contributed by atoms with E-state index in [0.29, 0.717) is 18.9 Å². The van der Waals surface area contributed by atoms with Gasteiger partial charge in [-0.2, -0.15) is 0 Å². The fourth-order valence-electron chi connectivity index (χ4n) is 2.50. The second-order valence-electron chi connectivity index (χ2n) is 5.49. The van der Waals surface area contributed by atoms with Crippen molar-refractivity contribution in [1.82, 2.24) is 14.9 Å². The van der Waals surface area contributed by atoms with Crippen molar-refractivity contribution in [2.75, 3.05) is 18.4 Å². The molecule has 5 heteroatoms. The molecular weight excluding hydrogens is 252 g/mol. The molecule has 1 aliphatic rings. The second kappa shape index (κ2) is 6.68. The van der Waals surface area contributed by atoms with Crippen LogP contribution in [0.1, 0.15) is 44.6 Å². The lowest BCUT2D eigenvalue weighted by atomic mass is 10.1. The summed E-state index contributed by atoms with van der Waals surface area (Å²) in [5.74, 6) is 2.30. The number of carbonyl (C=O) groups excluding carboxylic acids is 1. The van der Waals surface area contributed by atoms with E-state index in [-0.39, 0.29) is 5.91 Å². The Balaban J connectivity index is 2.05. The van der Waals surface area contributed by atoms with Gasteiger partial charge in [0.15, 0.2) is 0 Å². The fourth-order valence-corrected chi connectivity index (χ4v) is 2.50. The maximum absolute atomic E-state index is 11.9. The summed E-state index contributed by atoms with van der Waals surface area (Å²) in [6, 6.07) is 1.94. The largest absolute Gasteiger partial charge is 0.370 e. The van der Waals surface area contributed by atoms with Crippen LogP contribution in [-0.4, -0.2) is 33.9 Å². The molecule has 1 N–H and O–H groups in total. The Kier molecular flexibility index (Phi) is 4.93. The van der Waals surface area contributed by atoms with Gasteiger partial charge < -0.3 is 10.2 Å². The van der Waals surface area contributed by atoms with Crippen molar-refractivity contribution in [2.24, 2.45) is 5.92 Å². The molecule has 110 valence electrons. The lowest BCUT2D eigenvalue weighted by Crippen LogP contribution is -2.26. The molecule has 1 aromatic heterocycles. The van der Waals surface area contributed by atoms with Crippen LogP contribution < -0.4 is 5.32 Å². The first-order valence-electron chi connectivity index (χ1n) is 7.48. The van der Waals surface area contributed by atoms with E-state index in [4.69, 9.17) is 0 Å². The lowest BCUT2D eigenvalue weighted by Gasteiger charge is -2.16. The summed E-state index contributed by atoms with van der Waals surface area (Å²) >= 11 is 0. The lowest BCUT2D eigenvalue weighted by molar-refractivity contribution is -0.128. The molecular formula is C15H24N4O. The van der Waals surface area contributed by atoms with Gasteiger partial charge in [0.25, 0.3) is 0 Å². The molecule has 1 unspecified atom stereocenters. The standard InChI is InChI=1S/C15H24N4O/c1-4-6-16-13-7-11(3)17-14(18-13)10-19-9-12(5-2)8-15(19)20/h7,12H,4-6,8-10H2,1-3H3,(H,16,17,18). The van der Waals surface area contributed by atoms with Crippen LogP contribution in [0.5, 0.6) is 0 Å². The number of rotatable bonds is 6. The Morgan fingerprint density at radius 3 is 2.85 bits per heavy atom. The third kappa shape index (κ3) is 3.68. The predicted octanol–water partition coefficient (Wildman–Crippen LogP) is 2.37. The normalized spacial score (nSPS) is 18.6. The highest BCUT2D eigenvalue weighted by Gasteiger charge is 2.28. The average Bonchev–Trinajstić information content (AvgIpc) is 2.76. The quantitative estimate of drug-likeness (QED) is 0.866. The molecule has 0 spiro atoms. The topological polar surface area (TPSA) is 58.1 Å². The summed E-state index contributed by atoms with van der Waals surface area (Å²) < 4.78 is 0. The maximum Gasteiger partial charge on any atom is 0.223 e. The van der Waals surface area contributed by atoms with E-state index in [9.17, 15) is 4.79 Å². The molecule has 1 fully saturated rings. The molecule has 1 amide bonds. The molecule has 2 rings (SSSR count). The van der Waals surface area contributed by atoms with E-state index >= 15 is 0 Å². The van der Waals surface area contributed by atoms with Gasteiger partial charge in [0.1, 0.15) is 11.6 Å². The Morgan fingerprint density at radius 2 is 2.20 bits per heavy atom. The van der Waals surface area contributed by atoms with E-state index in [0.717, 1.165) is 43.3 Å². The van der Waals surface area contributed by atoms with Crippen molar-refractivity contribution in [2.45, 2.75) is 46.6 Å². The summed E-state index contributed by atoms with van der Waals surface area (Å²) in [5.41, 5.74) is 0.937. The molecule has 5 nitrogen and oxygen atoms in total. The van der Waals surface area contributed by atoms with Crippen molar-refractivity contribution in [1.29, 1.82) is 0 Å². The van der Waals surface area contributed by atoms with Gasteiger partial charge in [-0.15, -0.1) is 0 Å². The molecule has 0 aliphatic carbocycles. The number of anilines is 1. The molecule has 1 atom stereocenters. The molecule has 2 heterocycles. The molecule has 1 aliphatic heterocycles. The second-order valence-corrected chi connectivity index (χ2v) is 5.49. The molecule has 20 heavy (non-hydrogen) atoms. The van der Waals surface area contributed by atoms with Gasteiger partial charge in [-0.1, -0.05) is 20.3 Å². The summed E-state index contributed by atoms with van der Waals surface area (Å²) in [6.07, 6.45) is 2.78. The van der Waals surface area contributed by atoms with E-state index in [1.165, 1.54) is 0 Å². The minimum absolute atomic E-state index is 0.227. The third-order valence-electron chi connectivity index (χ3n) is 3.66. The van der Waals surface area contributed by atoms with Crippen molar-refractivity contribution in [3.8, 4) is 0 Å². The highest BCUT2D eigenvalue weighted by atomic mass is 16.2. The summed E-state index contributed by atoms with van der Waals surface area (Å²) in [4.78, 5) is 22.8. The summed E-state index contributed by atoms with van der Waals surface area (Å²) in [5, 5.41) is 3.28. The van der Waals surface area contributed by atoms with Crippen LogP contribution in [0.4, 0.5) is 5.82 Å². The zero-order chi connectivity index (χ0) is 14.5. The predicted molar refractivity (Wildman–Crippen MR) is 79.4 cm³/mol. The van der Waals surface area contributed by atoms with Crippen LogP contribution in [0.15, 0.2) is 6.07 Å². The van der Waals surface area contributed by atoms with Crippen LogP contribution in [0, 0.1) is 12.8 Å². The number of amides is 1. The highest BCUT2D eigenvalue weighted by Crippen LogP contribution is 2.22. The summed E-state index contributed by atoms with van der Waals surface area (Å²) in [6.45, 7) is 8.48. The van der Waals surface area contributed by atoms with Crippen LogP contribution in [0.2, 0.25) is 0 Å². The molecule has 0 radical (unpaired) electrons. The van der Waals surface area contributed by atoms with Crippen molar-refractivity contribution in [3.05, 3.63) is 17.6 Å². The molecule has 0 saturated carbocycles. The number of nitrogens with zero attached hydrogens (tertiary/aromatic N) is 3. The zero-order valence-electron chi connectivity index (χ0n) is 12.6. The van der Waals surface area contributed by atoms with E-state index in [1.54, 1.807) is 0 Å². The van der Waals surface area contributed by atoms with E-state index in [1.807, 2.05) is 17.9 Å². The minimum Gasteiger partial charge on any atom is -0.370 e. The third-order valence-corrected chi connectivity index (χ3v) is 3.66. The number of hydrogen-bond acceptors (Lipinski definition) is 4. The monoisotopic (exact) mass is 276 g/mol. The first-order chi connectivity index (χ1) is 9.62. The Morgan fingerprint density at radius 1 is 1.40 bits per heavy atom. The summed E-state index contributed by atoms with van der Waals surface area (Å²) in [7, 11) is 0. The van der Waals surface area contributed by atoms with Crippen LogP contribution in [0.25, 0.3) is 0 Å². The molecule has 0 bridgehead atoms. The number of nitrogens with one attached hydrogen (secondary N) is 1. The Bertz CT molecular complexity index is 475. The average molecular weight is 276 g/mol. The van der Waals surface area contributed by atoms with Gasteiger partial charge in [-0.25, -0.2) is 9.97 Å². The maximum atomic E-state index is 11.9. The number of aromatic nitrogens is 2. The number of carbonyl (C=O) groups is 1. The van der Waals surface area contributed by atoms with Gasteiger partial charge in [-0.05, 0) is 19.3 Å². The van der Waals surface area contributed by atoms with Crippen molar-refractivity contribution < 1.29 is 4.79 Å².